The summed E-state index contributed by atoms with van der Waals surface area (Å²) >= 11 is 0. The van der Waals surface area contributed by atoms with Gasteiger partial charge in [-0.25, -0.2) is 4.98 Å². The van der Waals surface area contributed by atoms with E-state index in [1.165, 1.54) is 115 Å². The first-order valence-corrected chi connectivity index (χ1v) is 38.9. The van der Waals surface area contributed by atoms with Crippen molar-refractivity contribution in [2.24, 2.45) is 0 Å². The minimum Gasteiger partial charge on any atom is -0.466 e. The molecule has 0 amide bonds. The molecular formula is C87H115N13O10. The number of para-hydroxylation sites is 7. The van der Waals surface area contributed by atoms with E-state index < -0.39 is 0 Å². The minimum absolute atomic E-state index is 0.0359. The summed E-state index contributed by atoms with van der Waals surface area (Å²) in [4.78, 5) is 46.9. The number of cyclic esters (lactones) is 2. The first-order valence-electron chi connectivity index (χ1n) is 38.9. The van der Waals surface area contributed by atoms with Crippen molar-refractivity contribution >= 4 is 72.3 Å². The summed E-state index contributed by atoms with van der Waals surface area (Å²) in [5.41, 5.74) is 9.06. The maximum absolute atomic E-state index is 10.2. The Bertz CT molecular complexity index is 3500. The SMILES string of the molecule is C1CCNCC1.C1CCOC1.C1CCOCC1.C1CNCCN1.C1COCCN1.C1COCCO1.O=C1CCCCO1.O=C1CCCO1.c1ccc2[nH]ccc2c1.c1ccc2[nH]cnc2c1.c1ccc2c(c1)CCN2.c1ccc2cnccc2c1.c1ccc2ncccc2c1.c1ccc2nccnc2c1.c1cnoc1. The summed E-state index contributed by atoms with van der Waals surface area (Å²) in [6.07, 6.45) is 31.7. The first kappa shape index (κ1) is 87.3. The van der Waals surface area contributed by atoms with Crippen LogP contribution in [-0.4, -0.2) is 190 Å². The molecule has 0 spiro atoms. The number of piperidine rings is 1. The molecule has 110 heavy (non-hydrogen) atoms. The van der Waals surface area contributed by atoms with Gasteiger partial charge in [0.1, 0.15) is 6.26 Å². The van der Waals surface area contributed by atoms with Crippen LogP contribution in [-0.2, 0) is 49.2 Å². The number of aromatic amines is 2. The number of ether oxygens (including phenoxy) is 7. The summed E-state index contributed by atoms with van der Waals surface area (Å²) in [5.74, 6) is -0.0822. The van der Waals surface area contributed by atoms with Gasteiger partial charge in [-0.05, 0) is 172 Å². The molecule has 0 radical (unpaired) electrons. The number of anilines is 1. The van der Waals surface area contributed by atoms with Crippen LogP contribution in [0.3, 0.4) is 0 Å². The minimum atomic E-state index is -0.0463. The summed E-state index contributed by atoms with van der Waals surface area (Å²) in [5, 5.41) is 24.5. The fourth-order valence-corrected chi connectivity index (χ4v) is 10.9. The number of nitrogens with zero attached hydrogens (tertiary/aromatic N) is 6. The molecule has 0 unspecified atom stereocenters. The standard InChI is InChI=1S/2C9H7N.C8H6N2.C8H9N.C8H7N.C7H6N2.C5H11N.C5H8O2.C5H10O.C4H10N2.C4H9NO.C4H8O2.C4H6O2.C4H8O.C3H3NO/c1-2-6-9-8(4-1)5-3-7-10-9;1-2-4-9-7-10-6-5-8(9)3-1;1-2-4-8-7(3-1)9-5-6-10-8;2*1-2-4-8-7(3-1)5-6-9-8;1-2-4-7-6(3-1)8-5-9-7;1-2-4-6-5-3-1;6-5-3-1-2-4-7-5;1-2-4-6-5-3-1;1-2-6-4-3-5-1;1-3-6-4-2-5-1;1-2-6-4-3-5-1;5-4-2-1-3-6-4;2*1-2-4-5-3-1/h2*1-7H;1-6H;1-4,9H,5-6H2;1-6,9H;1-5H,(H,8,9);6H,1-5H2;1-4H2;1-5H2;5-6H,1-4H2;5H,1-4H2;1-4H2;1-3H2;1-4H2;1-3H. The van der Waals surface area contributed by atoms with Crippen LogP contribution in [0.4, 0.5) is 5.69 Å². The zero-order valence-corrected chi connectivity index (χ0v) is 64.0. The maximum Gasteiger partial charge on any atom is 0.305 e. The largest absolute Gasteiger partial charge is 0.466 e. The highest BCUT2D eigenvalue weighted by atomic mass is 16.6. The Kier molecular flexibility index (Phi) is 47.6. The Morgan fingerprint density at radius 1 is 0.309 bits per heavy atom. The van der Waals surface area contributed by atoms with Crippen molar-refractivity contribution in [3.05, 3.63) is 237 Å². The molecule has 21 rings (SSSR count). The highest BCUT2D eigenvalue weighted by Gasteiger charge is 2.09. The number of H-pyrrole nitrogens is 2. The number of hydrogen-bond acceptors (Lipinski definition) is 21. The van der Waals surface area contributed by atoms with E-state index in [-0.39, 0.29) is 11.9 Å². The van der Waals surface area contributed by atoms with Crippen molar-refractivity contribution in [2.75, 3.05) is 144 Å². The van der Waals surface area contributed by atoms with E-state index in [2.05, 4.69) is 147 Å². The summed E-state index contributed by atoms with van der Waals surface area (Å²) in [6, 6.07) is 58.5. The predicted octanol–water partition coefficient (Wildman–Crippen LogP) is 14.8. The smallest absolute Gasteiger partial charge is 0.305 e. The monoisotopic (exact) mass is 1500 g/mol. The number of imidazole rings is 1. The van der Waals surface area contributed by atoms with E-state index in [0.29, 0.717) is 26.1 Å². The van der Waals surface area contributed by atoms with Crippen LogP contribution in [0.1, 0.15) is 89.0 Å². The average molecular weight is 1500 g/mol. The van der Waals surface area contributed by atoms with Crippen LogP contribution in [0, 0.1) is 0 Å². The van der Waals surface area contributed by atoms with E-state index in [1.807, 2.05) is 128 Å². The molecule has 0 saturated carbocycles. The van der Waals surface area contributed by atoms with Gasteiger partial charge in [0.25, 0.3) is 0 Å². The van der Waals surface area contributed by atoms with Gasteiger partial charge in [0.2, 0.25) is 0 Å². The predicted molar refractivity (Wildman–Crippen MR) is 440 cm³/mol. The van der Waals surface area contributed by atoms with Crippen molar-refractivity contribution in [3.63, 3.8) is 0 Å². The summed E-state index contributed by atoms with van der Waals surface area (Å²) in [6.45, 7) is 20.4. The molecule has 588 valence electrons. The molecule has 0 atom stereocenters. The lowest BCUT2D eigenvalue weighted by Gasteiger charge is -2.11. The summed E-state index contributed by atoms with van der Waals surface area (Å²) < 4.78 is 38.4. The van der Waals surface area contributed by atoms with Crippen LogP contribution in [0.15, 0.2) is 236 Å². The lowest BCUT2D eigenvalue weighted by Crippen LogP contribution is -2.39. The number of rotatable bonds is 0. The van der Waals surface area contributed by atoms with Crippen LogP contribution in [0.2, 0.25) is 0 Å². The third-order valence-corrected chi connectivity index (χ3v) is 16.8. The normalized spacial score (nSPS) is 16.1. The lowest BCUT2D eigenvalue weighted by molar-refractivity contribution is -0.146. The highest BCUT2D eigenvalue weighted by Crippen LogP contribution is 2.20. The Morgan fingerprint density at radius 2 is 0.818 bits per heavy atom. The van der Waals surface area contributed by atoms with Gasteiger partial charge in [0.15, 0.2) is 0 Å². The third-order valence-electron chi connectivity index (χ3n) is 16.8. The van der Waals surface area contributed by atoms with Gasteiger partial charge in [0.05, 0.1) is 93.0 Å². The number of esters is 2. The quantitative estimate of drug-likeness (QED) is 0.0695. The molecule has 9 aliphatic rings. The van der Waals surface area contributed by atoms with Crippen LogP contribution in [0.25, 0.3) is 54.6 Å². The number of hydrogen-bond donors (Lipinski definition) is 7. The molecule has 6 aromatic carbocycles. The number of carbonyl (C=O) groups excluding carboxylic acids is 2. The molecule has 12 aromatic rings. The molecule has 8 saturated heterocycles. The van der Waals surface area contributed by atoms with Gasteiger partial charge in [-0.2, -0.15) is 0 Å². The molecule has 23 nitrogen and oxygen atoms in total. The topological polar surface area (TPSA) is 281 Å². The van der Waals surface area contributed by atoms with Gasteiger partial charge < -0.3 is 74.2 Å². The summed E-state index contributed by atoms with van der Waals surface area (Å²) in [7, 11) is 0. The zero-order chi connectivity index (χ0) is 76.6. The fourth-order valence-electron chi connectivity index (χ4n) is 10.9. The molecule has 0 bridgehead atoms. The van der Waals surface area contributed by atoms with Gasteiger partial charge in [0, 0.05) is 139 Å². The number of benzene rings is 6. The second-order valence-corrected chi connectivity index (χ2v) is 25.4. The highest BCUT2D eigenvalue weighted by molar-refractivity contribution is 5.81. The second kappa shape index (κ2) is 60.0. The van der Waals surface area contributed by atoms with Crippen LogP contribution in [0.5, 0.6) is 0 Å². The van der Waals surface area contributed by atoms with E-state index in [9.17, 15) is 9.59 Å². The van der Waals surface area contributed by atoms with E-state index >= 15 is 0 Å². The number of morpholine rings is 1. The number of nitrogens with one attached hydrogen (secondary N) is 7. The number of aromatic nitrogens is 8. The van der Waals surface area contributed by atoms with Crippen LogP contribution >= 0.6 is 0 Å². The molecule has 9 aliphatic heterocycles. The zero-order valence-electron chi connectivity index (χ0n) is 64.0. The molecule has 0 aliphatic carbocycles. The number of pyridine rings is 2. The van der Waals surface area contributed by atoms with E-state index in [4.69, 9.17) is 23.7 Å². The maximum atomic E-state index is 10.2. The number of fused-ring (bicyclic) bond motifs is 6. The third kappa shape index (κ3) is 41.0. The van der Waals surface area contributed by atoms with Crippen molar-refractivity contribution in [3.8, 4) is 0 Å². The van der Waals surface area contributed by atoms with Crippen LogP contribution < -0.4 is 26.6 Å². The number of piperazine rings is 1. The molecule has 23 heteroatoms. The van der Waals surface area contributed by atoms with Crippen molar-refractivity contribution in [1.82, 2.24) is 61.3 Å². The first-order chi connectivity index (χ1) is 54.6. The lowest BCUT2D eigenvalue weighted by atomic mass is 10.2. The molecule has 8 fully saturated rings. The van der Waals surface area contributed by atoms with Gasteiger partial charge in [-0.3, -0.25) is 29.5 Å². The van der Waals surface area contributed by atoms with Gasteiger partial charge in [-0.1, -0.05) is 121 Å². The Balaban J connectivity index is 0.000000165. The molecular weight excluding hydrogens is 1390 g/mol. The van der Waals surface area contributed by atoms with Gasteiger partial charge in [-0.15, -0.1) is 0 Å². The fraction of sp³-hybridized carbons (Fsp3) is 0.402. The van der Waals surface area contributed by atoms with Gasteiger partial charge >= 0.3 is 11.9 Å². The van der Waals surface area contributed by atoms with E-state index in [1.54, 1.807) is 31.0 Å². The molecule has 15 heterocycles. The van der Waals surface area contributed by atoms with Crippen molar-refractivity contribution < 1.29 is 47.3 Å². The number of carbonyl (C=O) groups is 2. The molecule has 7 N–H and O–H groups in total. The average Bonchev–Trinajstić information content (AvgIpc) is 1.45. The van der Waals surface area contributed by atoms with Crippen molar-refractivity contribution in [1.29, 1.82) is 0 Å². The Morgan fingerprint density at radius 3 is 1.28 bits per heavy atom. The van der Waals surface area contributed by atoms with E-state index in [0.717, 1.165) is 159 Å². The van der Waals surface area contributed by atoms with Crippen molar-refractivity contribution in [2.45, 2.75) is 89.9 Å². The Labute approximate surface area is 648 Å². The Hall–Kier alpha value is -9.92. The second-order valence-electron chi connectivity index (χ2n) is 25.4. The molecule has 6 aromatic heterocycles.